The van der Waals surface area contributed by atoms with Crippen molar-refractivity contribution in [3.8, 4) is 11.5 Å². The minimum atomic E-state index is -0.364. The van der Waals surface area contributed by atoms with E-state index in [4.69, 9.17) is 14.2 Å². The van der Waals surface area contributed by atoms with Gasteiger partial charge < -0.3 is 14.2 Å². The number of hydrogen-bond acceptors (Lipinski definition) is 5. The zero-order valence-corrected chi connectivity index (χ0v) is 16.1. The van der Waals surface area contributed by atoms with E-state index >= 15 is 0 Å². The average Bonchev–Trinajstić information content (AvgIpc) is 3.35. The number of benzene rings is 2. The van der Waals surface area contributed by atoms with Crippen LogP contribution in [-0.2, 0) is 4.74 Å². The molecule has 0 bridgehead atoms. The first-order valence-electron chi connectivity index (χ1n) is 10.0. The molecule has 0 saturated carbocycles. The maximum atomic E-state index is 13.1. The molecule has 1 atom stereocenters. The molecular formula is C22H23FN2O4. The van der Waals surface area contributed by atoms with Crippen LogP contribution in [0.4, 0.5) is 14.9 Å². The van der Waals surface area contributed by atoms with Crippen molar-refractivity contribution >= 4 is 11.8 Å². The van der Waals surface area contributed by atoms with Crippen LogP contribution < -0.4 is 14.4 Å². The topological polar surface area (TPSA) is 51.2 Å². The predicted octanol–water partition coefficient (Wildman–Crippen LogP) is 3.76. The number of halogens is 1. The minimum absolute atomic E-state index is 0.172. The van der Waals surface area contributed by atoms with Gasteiger partial charge in [-0.1, -0.05) is 6.07 Å². The minimum Gasteiger partial charge on any atom is -0.454 e. The number of amides is 1. The number of anilines is 1. The highest BCUT2D eigenvalue weighted by molar-refractivity contribution is 5.89. The molecule has 2 fully saturated rings. The molecule has 6 nitrogen and oxygen atoms in total. The molecule has 1 amide bonds. The lowest BCUT2D eigenvalue weighted by atomic mass is 9.89. The van der Waals surface area contributed by atoms with E-state index in [1.807, 2.05) is 6.07 Å². The van der Waals surface area contributed by atoms with Crippen LogP contribution in [0.15, 0.2) is 42.5 Å². The van der Waals surface area contributed by atoms with Crippen LogP contribution in [0.1, 0.15) is 24.3 Å². The van der Waals surface area contributed by atoms with Crippen LogP contribution in [0.2, 0.25) is 0 Å². The Balaban J connectivity index is 1.15. The van der Waals surface area contributed by atoms with Crippen LogP contribution in [0.25, 0.3) is 0 Å². The van der Waals surface area contributed by atoms with Crippen molar-refractivity contribution in [1.29, 1.82) is 0 Å². The first-order chi connectivity index (χ1) is 14.2. The first-order valence-corrected chi connectivity index (χ1v) is 10.0. The van der Waals surface area contributed by atoms with Crippen molar-refractivity contribution in [1.82, 2.24) is 4.90 Å². The summed E-state index contributed by atoms with van der Waals surface area (Å²) in [6.45, 7) is 3.43. The second kappa shape index (κ2) is 7.55. The first kappa shape index (κ1) is 18.2. The number of hydrogen-bond donors (Lipinski definition) is 0. The number of carbonyl (C=O) groups is 1. The summed E-state index contributed by atoms with van der Waals surface area (Å²) in [4.78, 5) is 16.1. The Bertz CT molecular complexity index is 896. The predicted molar refractivity (Wildman–Crippen MR) is 105 cm³/mol. The summed E-state index contributed by atoms with van der Waals surface area (Å²) in [5.41, 5.74) is 1.96. The van der Waals surface area contributed by atoms with E-state index in [0.29, 0.717) is 24.9 Å². The third-order valence-electron chi connectivity index (χ3n) is 5.93. The highest BCUT2D eigenvalue weighted by atomic mass is 19.1. The molecule has 2 aromatic carbocycles. The Kier molecular flexibility index (Phi) is 4.75. The summed E-state index contributed by atoms with van der Waals surface area (Å²) in [5, 5.41) is 0. The molecule has 1 unspecified atom stereocenters. The fourth-order valence-electron chi connectivity index (χ4n) is 4.35. The van der Waals surface area contributed by atoms with Gasteiger partial charge in [-0.25, -0.2) is 9.18 Å². The molecule has 0 N–H and O–H groups in total. The zero-order valence-electron chi connectivity index (χ0n) is 16.1. The van der Waals surface area contributed by atoms with Crippen LogP contribution in [0, 0.1) is 5.82 Å². The van der Waals surface area contributed by atoms with E-state index in [0.717, 1.165) is 44.0 Å². The van der Waals surface area contributed by atoms with Crippen LogP contribution in [0.3, 0.4) is 0 Å². The van der Waals surface area contributed by atoms with Crippen LogP contribution in [-0.4, -0.2) is 50.1 Å². The van der Waals surface area contributed by atoms with E-state index in [1.165, 1.54) is 17.7 Å². The second-order valence-electron chi connectivity index (χ2n) is 7.78. The molecule has 2 aromatic rings. The summed E-state index contributed by atoms with van der Waals surface area (Å²) >= 11 is 0. The normalized spacial score (nSPS) is 22.2. The molecule has 0 radical (unpaired) electrons. The van der Waals surface area contributed by atoms with Gasteiger partial charge in [0.25, 0.3) is 0 Å². The summed E-state index contributed by atoms with van der Waals surface area (Å²) in [5.74, 6) is 1.84. The number of ether oxygens (including phenoxy) is 3. The second-order valence-corrected chi connectivity index (χ2v) is 7.78. The van der Waals surface area contributed by atoms with E-state index in [2.05, 4.69) is 17.0 Å². The van der Waals surface area contributed by atoms with Gasteiger partial charge in [-0.3, -0.25) is 9.80 Å². The van der Waals surface area contributed by atoms with Crippen LogP contribution >= 0.6 is 0 Å². The highest BCUT2D eigenvalue weighted by Gasteiger charge is 2.34. The van der Waals surface area contributed by atoms with Crippen molar-refractivity contribution in [2.45, 2.75) is 24.9 Å². The molecule has 29 heavy (non-hydrogen) atoms. The average molecular weight is 398 g/mol. The molecule has 0 aromatic heterocycles. The van der Waals surface area contributed by atoms with Gasteiger partial charge in [0.15, 0.2) is 11.5 Å². The lowest BCUT2D eigenvalue weighted by molar-refractivity contribution is 0.0976. The van der Waals surface area contributed by atoms with Crippen molar-refractivity contribution in [2.24, 2.45) is 0 Å². The SMILES string of the molecule is O=C1OC(CN2CCC(c3ccc4c(c3)OCO4)CC2)CN1c1ccc(F)cc1. The van der Waals surface area contributed by atoms with Gasteiger partial charge in [0.2, 0.25) is 6.79 Å². The quantitative estimate of drug-likeness (QED) is 0.785. The maximum absolute atomic E-state index is 13.1. The monoisotopic (exact) mass is 398 g/mol. The third kappa shape index (κ3) is 3.74. The van der Waals surface area contributed by atoms with Gasteiger partial charge in [-0.15, -0.1) is 0 Å². The summed E-state index contributed by atoms with van der Waals surface area (Å²) < 4.78 is 29.6. The molecule has 152 valence electrons. The number of piperidine rings is 1. The smallest absolute Gasteiger partial charge is 0.414 e. The fraction of sp³-hybridized carbons (Fsp3) is 0.409. The Morgan fingerprint density at radius 3 is 2.55 bits per heavy atom. The maximum Gasteiger partial charge on any atom is 0.414 e. The molecule has 2 saturated heterocycles. The van der Waals surface area contributed by atoms with E-state index in [-0.39, 0.29) is 18.0 Å². The lowest BCUT2D eigenvalue weighted by Crippen LogP contribution is -2.39. The molecule has 3 aliphatic heterocycles. The molecule has 3 heterocycles. The molecule has 5 rings (SSSR count). The Morgan fingerprint density at radius 2 is 1.76 bits per heavy atom. The molecule has 7 heteroatoms. The number of rotatable bonds is 4. The molecule has 0 spiro atoms. The summed E-state index contributed by atoms with van der Waals surface area (Å²) in [6, 6.07) is 12.2. The van der Waals surface area contributed by atoms with Crippen molar-refractivity contribution < 1.29 is 23.4 Å². The van der Waals surface area contributed by atoms with Gasteiger partial charge in [-0.2, -0.15) is 0 Å². The van der Waals surface area contributed by atoms with E-state index in [1.54, 1.807) is 17.0 Å². The van der Waals surface area contributed by atoms with E-state index in [9.17, 15) is 9.18 Å². The van der Waals surface area contributed by atoms with Gasteiger partial charge in [-0.05, 0) is 73.8 Å². The van der Waals surface area contributed by atoms with E-state index < -0.39 is 0 Å². The lowest BCUT2D eigenvalue weighted by Gasteiger charge is -2.33. The van der Waals surface area contributed by atoms with Crippen molar-refractivity contribution in [2.75, 3.05) is 37.9 Å². The van der Waals surface area contributed by atoms with Crippen molar-refractivity contribution in [3.63, 3.8) is 0 Å². The summed E-state index contributed by atoms with van der Waals surface area (Å²) in [6.07, 6.45) is 1.58. The fourth-order valence-corrected chi connectivity index (χ4v) is 4.35. The van der Waals surface area contributed by atoms with Gasteiger partial charge in [0.05, 0.1) is 6.54 Å². The Labute approximate surface area is 168 Å². The molecule has 0 aliphatic carbocycles. The standard InChI is InChI=1S/C22H23FN2O4/c23-17-2-4-18(5-3-17)25-13-19(29-22(25)26)12-24-9-7-15(8-10-24)16-1-6-20-21(11-16)28-14-27-20/h1-6,11,15,19H,7-10,12-14H2. The Hall–Kier alpha value is -2.80. The zero-order chi connectivity index (χ0) is 19.8. The third-order valence-corrected chi connectivity index (χ3v) is 5.93. The number of fused-ring (bicyclic) bond motifs is 1. The molecule has 3 aliphatic rings. The number of nitrogens with zero attached hydrogens (tertiary/aromatic N) is 2. The van der Waals surface area contributed by atoms with Gasteiger partial charge in [0, 0.05) is 12.2 Å². The van der Waals surface area contributed by atoms with Gasteiger partial charge >= 0.3 is 6.09 Å². The summed E-state index contributed by atoms with van der Waals surface area (Å²) in [7, 11) is 0. The number of carbonyl (C=O) groups excluding carboxylic acids is 1. The Morgan fingerprint density at radius 1 is 1.00 bits per heavy atom. The number of cyclic esters (lactones) is 1. The highest BCUT2D eigenvalue weighted by Crippen LogP contribution is 2.37. The largest absolute Gasteiger partial charge is 0.454 e. The van der Waals surface area contributed by atoms with Crippen LogP contribution in [0.5, 0.6) is 11.5 Å². The van der Waals surface area contributed by atoms with Crippen molar-refractivity contribution in [3.05, 3.63) is 53.8 Å². The van der Waals surface area contributed by atoms with Gasteiger partial charge in [0.1, 0.15) is 11.9 Å². The number of likely N-dealkylation sites (tertiary alicyclic amines) is 1. The molecular weight excluding hydrogens is 375 g/mol.